The molecule has 0 amide bonds. The van der Waals surface area contributed by atoms with Crippen LogP contribution in [-0.4, -0.2) is 29.2 Å². The molecule has 0 aliphatic heterocycles. The van der Waals surface area contributed by atoms with E-state index in [1.165, 1.54) is 0 Å². The van der Waals surface area contributed by atoms with Crippen molar-refractivity contribution in [2.45, 2.75) is 25.9 Å². The maximum Gasteiger partial charge on any atom is 0.0610 e. The van der Waals surface area contributed by atoms with Crippen LogP contribution in [0.5, 0.6) is 0 Å². The Morgan fingerprint density at radius 3 is 2.56 bits per heavy atom. The summed E-state index contributed by atoms with van der Waals surface area (Å²) >= 11 is 3.37. The van der Waals surface area contributed by atoms with Gasteiger partial charge in [0.2, 0.25) is 0 Å². The number of anilines is 1. The fourth-order valence-corrected chi connectivity index (χ4v) is 1.55. The van der Waals surface area contributed by atoms with Crippen LogP contribution in [0.3, 0.4) is 0 Å². The first-order valence-electron chi connectivity index (χ1n) is 5.23. The van der Waals surface area contributed by atoms with Crippen LogP contribution in [0.15, 0.2) is 22.7 Å². The lowest BCUT2D eigenvalue weighted by molar-refractivity contribution is 0.0734. The van der Waals surface area contributed by atoms with E-state index < -0.39 is 0 Å². The van der Waals surface area contributed by atoms with Crippen LogP contribution >= 0.6 is 15.9 Å². The van der Waals surface area contributed by atoms with Crippen LogP contribution < -0.4 is 5.73 Å². The Morgan fingerprint density at radius 1 is 1.44 bits per heavy atom. The number of likely N-dealkylation sites (N-methyl/N-ethyl adjacent to an activating group) is 1. The first-order valence-corrected chi connectivity index (χ1v) is 6.02. The second-order valence-electron chi connectivity index (χ2n) is 4.68. The lowest BCUT2D eigenvalue weighted by atomic mass is 10.0. The fourth-order valence-electron chi connectivity index (χ4n) is 1.30. The Morgan fingerprint density at radius 2 is 2.06 bits per heavy atom. The molecule has 4 heteroatoms. The first-order chi connectivity index (χ1) is 7.36. The third-order valence-electron chi connectivity index (χ3n) is 2.90. The number of nitrogens with zero attached hydrogens (tertiary/aromatic N) is 1. The SMILES string of the molecule is CN(Cc1ccc(Br)c(N)c1)C(C)(C)CO. The van der Waals surface area contributed by atoms with E-state index >= 15 is 0 Å². The van der Waals surface area contributed by atoms with Gasteiger partial charge in [-0.2, -0.15) is 0 Å². The van der Waals surface area contributed by atoms with Crippen molar-refractivity contribution in [3.8, 4) is 0 Å². The second-order valence-corrected chi connectivity index (χ2v) is 5.54. The van der Waals surface area contributed by atoms with Crippen LogP contribution in [0, 0.1) is 0 Å². The van der Waals surface area contributed by atoms with Gasteiger partial charge in [0.25, 0.3) is 0 Å². The monoisotopic (exact) mass is 286 g/mol. The number of aliphatic hydroxyl groups is 1. The summed E-state index contributed by atoms with van der Waals surface area (Å²) in [7, 11) is 1.99. The Bertz CT molecular complexity index is 366. The molecule has 0 saturated heterocycles. The summed E-state index contributed by atoms with van der Waals surface area (Å²) < 4.78 is 0.917. The number of hydrogen-bond donors (Lipinski definition) is 2. The van der Waals surface area contributed by atoms with Crippen molar-refractivity contribution < 1.29 is 5.11 Å². The Kier molecular flexibility index (Phi) is 4.35. The van der Waals surface area contributed by atoms with Gasteiger partial charge < -0.3 is 10.8 Å². The zero-order valence-corrected chi connectivity index (χ0v) is 11.6. The van der Waals surface area contributed by atoms with Gasteiger partial charge in [-0.15, -0.1) is 0 Å². The van der Waals surface area contributed by atoms with Gasteiger partial charge in [0.05, 0.1) is 6.61 Å². The third-order valence-corrected chi connectivity index (χ3v) is 3.62. The van der Waals surface area contributed by atoms with E-state index in [9.17, 15) is 5.11 Å². The minimum Gasteiger partial charge on any atom is -0.398 e. The maximum atomic E-state index is 9.27. The van der Waals surface area contributed by atoms with Crippen LogP contribution in [0.25, 0.3) is 0 Å². The fraction of sp³-hybridized carbons (Fsp3) is 0.500. The minimum atomic E-state index is -0.220. The van der Waals surface area contributed by atoms with Gasteiger partial charge in [-0.25, -0.2) is 0 Å². The molecule has 0 saturated carbocycles. The van der Waals surface area contributed by atoms with E-state index in [0.717, 1.165) is 22.3 Å². The van der Waals surface area contributed by atoms with Gasteiger partial charge >= 0.3 is 0 Å². The highest BCUT2D eigenvalue weighted by molar-refractivity contribution is 9.10. The largest absolute Gasteiger partial charge is 0.398 e. The molecule has 0 aliphatic rings. The molecule has 90 valence electrons. The van der Waals surface area contributed by atoms with Gasteiger partial charge in [-0.1, -0.05) is 6.07 Å². The molecule has 1 aromatic rings. The lowest BCUT2D eigenvalue weighted by Crippen LogP contribution is -2.43. The first kappa shape index (κ1) is 13.5. The number of benzene rings is 1. The van der Waals surface area contributed by atoms with E-state index in [-0.39, 0.29) is 12.1 Å². The van der Waals surface area contributed by atoms with Crippen molar-refractivity contribution in [1.82, 2.24) is 4.90 Å². The molecule has 0 atom stereocenters. The summed E-state index contributed by atoms with van der Waals surface area (Å²) in [5.74, 6) is 0. The molecule has 16 heavy (non-hydrogen) atoms. The van der Waals surface area contributed by atoms with E-state index in [1.54, 1.807) is 0 Å². The Labute approximate surface area is 105 Å². The molecule has 0 aliphatic carbocycles. The molecule has 1 aromatic carbocycles. The zero-order chi connectivity index (χ0) is 12.3. The lowest BCUT2D eigenvalue weighted by Gasteiger charge is -2.33. The van der Waals surface area contributed by atoms with Gasteiger partial charge in [-0.05, 0) is 54.5 Å². The van der Waals surface area contributed by atoms with Gasteiger partial charge in [0.1, 0.15) is 0 Å². The van der Waals surface area contributed by atoms with E-state index in [1.807, 2.05) is 39.1 Å². The van der Waals surface area contributed by atoms with Crippen molar-refractivity contribution in [3.63, 3.8) is 0 Å². The quantitative estimate of drug-likeness (QED) is 0.835. The molecular weight excluding hydrogens is 268 g/mol. The van der Waals surface area contributed by atoms with Crippen LogP contribution in [0.4, 0.5) is 5.69 Å². The number of nitrogens with two attached hydrogens (primary N) is 1. The summed E-state index contributed by atoms with van der Waals surface area (Å²) in [6.45, 7) is 4.92. The van der Waals surface area contributed by atoms with E-state index in [2.05, 4.69) is 20.8 Å². The molecule has 0 radical (unpaired) electrons. The molecule has 1 rings (SSSR count). The average molecular weight is 287 g/mol. The molecule has 0 fully saturated rings. The molecule has 0 aromatic heterocycles. The van der Waals surface area contributed by atoms with Crippen LogP contribution in [-0.2, 0) is 6.54 Å². The molecule has 0 unspecified atom stereocenters. The standard InChI is InChI=1S/C12H19BrN2O/c1-12(2,8-16)15(3)7-9-4-5-10(13)11(14)6-9/h4-6,16H,7-8,14H2,1-3H3. The van der Waals surface area contributed by atoms with Gasteiger partial charge in [-0.3, -0.25) is 4.90 Å². The minimum absolute atomic E-state index is 0.134. The molecule has 3 N–H and O–H groups in total. The summed E-state index contributed by atoms with van der Waals surface area (Å²) in [4.78, 5) is 2.11. The maximum absolute atomic E-state index is 9.27. The Hall–Kier alpha value is -0.580. The molecule has 0 heterocycles. The normalized spacial score (nSPS) is 12.1. The molecule has 0 bridgehead atoms. The van der Waals surface area contributed by atoms with Crippen LogP contribution in [0.2, 0.25) is 0 Å². The van der Waals surface area contributed by atoms with Crippen molar-refractivity contribution in [3.05, 3.63) is 28.2 Å². The van der Waals surface area contributed by atoms with Gasteiger partial charge in [0, 0.05) is 22.2 Å². The average Bonchev–Trinajstić information content (AvgIpc) is 2.23. The number of hydrogen-bond acceptors (Lipinski definition) is 3. The topological polar surface area (TPSA) is 49.5 Å². The molecule has 0 spiro atoms. The van der Waals surface area contributed by atoms with Gasteiger partial charge in [0.15, 0.2) is 0 Å². The molecule has 3 nitrogen and oxygen atoms in total. The number of halogens is 1. The van der Waals surface area contributed by atoms with E-state index in [0.29, 0.717) is 0 Å². The summed E-state index contributed by atoms with van der Waals surface area (Å²) in [6.07, 6.45) is 0. The van der Waals surface area contributed by atoms with E-state index in [4.69, 9.17) is 5.73 Å². The smallest absolute Gasteiger partial charge is 0.0610 e. The van der Waals surface area contributed by atoms with Crippen LogP contribution in [0.1, 0.15) is 19.4 Å². The third kappa shape index (κ3) is 3.20. The van der Waals surface area contributed by atoms with Crippen molar-refractivity contribution in [2.24, 2.45) is 0 Å². The predicted octanol–water partition coefficient (Wildman–Crippen LogP) is 2.23. The number of rotatable bonds is 4. The number of nitrogen functional groups attached to an aromatic ring is 1. The van der Waals surface area contributed by atoms with Crippen molar-refractivity contribution >= 4 is 21.6 Å². The second kappa shape index (κ2) is 5.17. The highest BCUT2D eigenvalue weighted by Gasteiger charge is 2.22. The zero-order valence-electron chi connectivity index (χ0n) is 10.00. The van der Waals surface area contributed by atoms with Crippen molar-refractivity contribution in [2.75, 3.05) is 19.4 Å². The highest BCUT2D eigenvalue weighted by Crippen LogP contribution is 2.22. The molecular formula is C12H19BrN2O. The highest BCUT2D eigenvalue weighted by atomic mass is 79.9. The Balaban J connectivity index is 2.77. The number of aliphatic hydroxyl groups excluding tert-OH is 1. The summed E-state index contributed by atoms with van der Waals surface area (Å²) in [5, 5.41) is 9.27. The predicted molar refractivity (Wildman–Crippen MR) is 71.2 cm³/mol. The summed E-state index contributed by atoms with van der Waals surface area (Å²) in [6, 6.07) is 5.93. The van der Waals surface area contributed by atoms with Crippen molar-refractivity contribution in [1.29, 1.82) is 0 Å². The summed E-state index contributed by atoms with van der Waals surface area (Å²) in [5.41, 5.74) is 7.49.